The molecule has 0 aliphatic carbocycles. The Labute approximate surface area is 258 Å². The van der Waals surface area contributed by atoms with Crippen molar-refractivity contribution in [2.75, 3.05) is 52.9 Å². The highest BCUT2D eigenvalue weighted by molar-refractivity contribution is 8.06. The third kappa shape index (κ3) is 4.78. The van der Waals surface area contributed by atoms with E-state index >= 15 is 0 Å². The van der Waals surface area contributed by atoms with Crippen LogP contribution in [0.4, 0.5) is 0 Å². The molecule has 3 aromatic rings. The van der Waals surface area contributed by atoms with E-state index in [1.807, 2.05) is 24.3 Å². The average molecular weight is 651 g/mol. The zero-order valence-corrected chi connectivity index (χ0v) is 25.7. The lowest BCUT2D eigenvalue weighted by Crippen LogP contribution is -2.13. The molecular formula is C32H28O11P2. The maximum Gasteiger partial charge on any atom is 0.177 e. The van der Waals surface area contributed by atoms with Gasteiger partial charge in [0.2, 0.25) is 0 Å². The van der Waals surface area contributed by atoms with Crippen LogP contribution in [0.5, 0.6) is 40.2 Å². The van der Waals surface area contributed by atoms with Gasteiger partial charge >= 0.3 is 0 Å². The molecule has 6 heterocycles. The Balaban J connectivity index is 0.807. The second kappa shape index (κ2) is 10.8. The molecule has 11 nitrogen and oxygen atoms in total. The number of rotatable bonds is 18. The highest BCUT2D eigenvalue weighted by Gasteiger charge is 2.73. The smallest absolute Gasteiger partial charge is 0.177 e. The van der Waals surface area contributed by atoms with Gasteiger partial charge in [-0.3, -0.25) is 0 Å². The van der Waals surface area contributed by atoms with E-state index in [1.165, 1.54) is 0 Å². The van der Waals surface area contributed by atoms with Gasteiger partial charge in [-0.25, -0.2) is 0 Å². The van der Waals surface area contributed by atoms with Gasteiger partial charge in [-0.15, -0.1) is 0 Å². The van der Waals surface area contributed by atoms with Crippen LogP contribution in [0.3, 0.4) is 0 Å². The largest absolute Gasteiger partial charge is 0.487 e. The van der Waals surface area contributed by atoms with Gasteiger partial charge in [0, 0.05) is 33.4 Å². The predicted molar refractivity (Wildman–Crippen MR) is 164 cm³/mol. The zero-order chi connectivity index (χ0) is 30.8. The molecule has 13 heteroatoms. The summed E-state index contributed by atoms with van der Waals surface area (Å²) in [5.74, 6) is 3.98. The number of aliphatic hydroxyl groups excluding tert-OH is 2. The monoisotopic (exact) mass is 650 g/mol. The number of fused-ring (bicyclic) bond motifs is 3. The van der Waals surface area contributed by atoms with Crippen LogP contribution in [0.25, 0.3) is 0 Å². The lowest BCUT2D eigenvalue weighted by molar-refractivity contribution is 0.0741. The molecular weight excluding hydrogens is 622 g/mol. The van der Waals surface area contributed by atoms with Gasteiger partial charge in [-0.05, 0) is 48.6 Å². The van der Waals surface area contributed by atoms with Crippen LogP contribution in [0.15, 0.2) is 82.4 Å². The number of aliphatic hydroxyl groups is 2. The van der Waals surface area contributed by atoms with E-state index in [9.17, 15) is 19.3 Å². The van der Waals surface area contributed by atoms with Crippen LogP contribution in [0.2, 0.25) is 0 Å². The van der Waals surface area contributed by atoms with E-state index in [2.05, 4.69) is 0 Å². The van der Waals surface area contributed by atoms with Crippen LogP contribution >= 0.6 is 14.3 Å². The van der Waals surface area contributed by atoms with Crippen molar-refractivity contribution in [3.63, 3.8) is 0 Å². The van der Waals surface area contributed by atoms with Crippen molar-refractivity contribution in [1.82, 2.24) is 0 Å². The first kappa shape index (κ1) is 28.5. The first-order chi connectivity index (χ1) is 22.0. The minimum atomic E-state index is -2.27. The predicted octanol–water partition coefficient (Wildman–Crippen LogP) is 3.72. The molecule has 2 atom stereocenters. The van der Waals surface area contributed by atoms with Crippen molar-refractivity contribution < 1.29 is 52.5 Å². The van der Waals surface area contributed by atoms with Crippen LogP contribution in [0, 0.1) is 0 Å². The van der Waals surface area contributed by atoms with Crippen molar-refractivity contribution in [2.24, 2.45) is 0 Å². The van der Waals surface area contributed by atoms with Gasteiger partial charge in [-0.2, -0.15) is 0 Å². The Morgan fingerprint density at radius 1 is 0.556 bits per heavy atom. The third-order valence-electron chi connectivity index (χ3n) is 7.88. The zero-order valence-electron chi connectivity index (χ0n) is 23.9. The summed E-state index contributed by atoms with van der Waals surface area (Å²) in [6.07, 6.45) is 3.67. The van der Waals surface area contributed by atoms with E-state index in [4.69, 9.17) is 33.2 Å². The Bertz CT molecular complexity index is 1940. The summed E-state index contributed by atoms with van der Waals surface area (Å²) in [4.78, 5) is 0. The van der Waals surface area contributed by atoms with Crippen LogP contribution in [0.1, 0.15) is 0 Å². The van der Waals surface area contributed by atoms with Crippen molar-refractivity contribution in [1.29, 1.82) is 0 Å². The molecule has 232 valence electrons. The highest BCUT2D eigenvalue weighted by Crippen LogP contribution is 3.03. The molecule has 1 saturated heterocycles. The lowest BCUT2D eigenvalue weighted by atomic mass is 10.2. The summed E-state index contributed by atoms with van der Waals surface area (Å²) < 4.78 is 65.5. The lowest BCUT2D eigenvalue weighted by Gasteiger charge is -2.16. The molecule has 2 unspecified atom stereocenters. The quantitative estimate of drug-likeness (QED) is 0.106. The first-order valence-electron chi connectivity index (χ1n) is 14.5. The van der Waals surface area contributed by atoms with Gasteiger partial charge in [0.15, 0.2) is 37.3 Å². The van der Waals surface area contributed by atoms with E-state index in [-0.39, 0.29) is 52.9 Å². The van der Waals surface area contributed by atoms with Gasteiger partial charge in [0.1, 0.15) is 49.4 Å². The fourth-order valence-electron chi connectivity index (χ4n) is 5.53. The first-order valence-corrected chi connectivity index (χ1v) is 17.9. The Hall–Kier alpha value is -3.98. The van der Waals surface area contributed by atoms with Crippen molar-refractivity contribution >= 4 is 30.2 Å². The summed E-state index contributed by atoms with van der Waals surface area (Å²) >= 11 is 0. The summed E-state index contributed by atoms with van der Waals surface area (Å²) in [5, 5.41) is 24.0. The molecule has 0 radical (unpaired) electrons. The summed E-state index contributed by atoms with van der Waals surface area (Å²) in [5.41, 5.74) is 0. The topological polar surface area (TPSA) is 139 Å². The number of allylic oxidation sites excluding steroid dienone is 5. The molecule has 1 fully saturated rings. The van der Waals surface area contributed by atoms with E-state index in [0.29, 0.717) is 46.0 Å². The number of ether oxygens (including phenoxy) is 7. The fraction of sp³-hybridized carbons (Fsp3) is 0.250. The molecule has 2 bridgehead atoms. The molecule has 0 spiro atoms. The molecule has 0 aromatic heterocycles. The minimum absolute atomic E-state index is 0.0845. The third-order valence-corrected chi connectivity index (χ3v) is 13.4. The number of hydrogen-bond donors (Lipinski definition) is 2. The SMILES string of the molecule is O=P12c3ccc(Oc4ccc(OCCOCCOc5ccc(Oc6ccc7c8c6P78=O)cc5OCCO)c(OCCO)c4)c1c32. The number of hydrogen-bond acceptors (Lipinski definition) is 11. The van der Waals surface area contributed by atoms with Crippen molar-refractivity contribution in [2.45, 2.75) is 0 Å². The summed E-state index contributed by atoms with van der Waals surface area (Å²) in [6, 6.07) is 13.9. The fourth-order valence-corrected chi connectivity index (χ4v) is 10.9. The Morgan fingerprint density at radius 3 is 1.67 bits per heavy atom. The van der Waals surface area contributed by atoms with Gasteiger partial charge in [-0.1, -0.05) is 0 Å². The summed E-state index contributed by atoms with van der Waals surface area (Å²) in [7, 11) is -4.55. The molecule has 2 N–H and O–H groups in total. The number of benzene rings is 3. The average Bonchev–Trinajstić information content (AvgIpc) is 4.01. The van der Waals surface area contributed by atoms with E-state index in [1.54, 1.807) is 36.4 Å². The van der Waals surface area contributed by atoms with Gasteiger partial charge in [0.05, 0.1) is 37.0 Å². The van der Waals surface area contributed by atoms with Gasteiger partial charge in [0.25, 0.3) is 0 Å². The molecule has 0 amide bonds. The van der Waals surface area contributed by atoms with E-state index < -0.39 is 14.3 Å². The van der Waals surface area contributed by atoms with Gasteiger partial charge < -0.3 is 52.5 Å². The standard InChI is InChI=1S/C32H28O11P2/c33-9-11-38-25-17-19(42-23-5-7-27-31-29(23)44(27,31)35)1-3-21(25)40-15-13-37-14-16-41-22-4-2-20(18-26(22)39-12-10-34)43-24-6-8-28-32-30(24)45(28,32)36/h1-8,17-18,33-34H,9-16H2. The molecule has 9 rings (SSSR count). The van der Waals surface area contributed by atoms with E-state index in [0.717, 1.165) is 31.9 Å². The van der Waals surface area contributed by atoms with Crippen LogP contribution in [-0.2, 0) is 13.9 Å². The van der Waals surface area contributed by atoms with Crippen LogP contribution in [-0.4, -0.2) is 63.1 Å². The maximum atomic E-state index is 12.5. The second-order valence-electron chi connectivity index (χ2n) is 10.7. The van der Waals surface area contributed by atoms with Crippen molar-refractivity contribution in [3.8, 4) is 40.2 Å². The maximum absolute atomic E-state index is 12.5. The summed E-state index contributed by atoms with van der Waals surface area (Å²) in [6.45, 7) is 0.887. The molecule has 6 aliphatic heterocycles. The van der Waals surface area contributed by atoms with Crippen molar-refractivity contribution in [3.05, 3.63) is 82.4 Å². The minimum Gasteiger partial charge on any atom is -0.487 e. The van der Waals surface area contributed by atoms with Crippen LogP contribution < -0.4 is 44.3 Å². The Morgan fingerprint density at radius 2 is 1.11 bits per heavy atom. The second-order valence-corrected chi connectivity index (χ2v) is 15.8. The molecule has 0 saturated carbocycles. The molecule has 6 aliphatic rings. The normalized spacial score (nSPS) is 21.6. The molecule has 45 heavy (non-hydrogen) atoms. The molecule has 3 aromatic carbocycles. The highest BCUT2D eigenvalue weighted by atomic mass is 31.2. The Kier molecular flexibility index (Phi) is 6.85.